The second kappa shape index (κ2) is 5.91. The summed E-state index contributed by atoms with van der Waals surface area (Å²) in [6, 6.07) is 4.55. The Balaban J connectivity index is 2.55. The lowest BCUT2D eigenvalue weighted by atomic mass is 9.95. The lowest BCUT2D eigenvalue weighted by Gasteiger charge is -2.17. The van der Waals surface area contributed by atoms with Gasteiger partial charge in [0.15, 0.2) is 0 Å². The maximum atomic E-state index is 4.15. The predicted octanol–water partition coefficient (Wildman–Crippen LogP) is 4.96. The molecule has 0 aliphatic heterocycles. The van der Waals surface area contributed by atoms with Crippen molar-refractivity contribution in [2.24, 2.45) is 5.92 Å². The van der Waals surface area contributed by atoms with Gasteiger partial charge in [-0.3, -0.25) is 0 Å². The third kappa shape index (κ3) is 3.27. The van der Waals surface area contributed by atoms with E-state index in [-0.39, 0.29) is 0 Å². The summed E-state index contributed by atoms with van der Waals surface area (Å²) in [6.45, 7) is 8.98. The van der Waals surface area contributed by atoms with E-state index in [1.807, 2.05) is 18.7 Å². The van der Waals surface area contributed by atoms with Crippen LogP contribution in [-0.2, 0) is 6.42 Å². The van der Waals surface area contributed by atoms with Crippen molar-refractivity contribution in [2.75, 3.05) is 0 Å². The molecular formula is C16H21BrN2. The van der Waals surface area contributed by atoms with E-state index in [1.165, 1.54) is 21.3 Å². The zero-order chi connectivity index (χ0) is 14.0. The summed E-state index contributed by atoms with van der Waals surface area (Å²) < 4.78 is 3.27. The van der Waals surface area contributed by atoms with Crippen LogP contribution in [0.2, 0.25) is 0 Å². The molecule has 102 valence electrons. The fourth-order valence-electron chi connectivity index (χ4n) is 2.31. The van der Waals surface area contributed by atoms with Gasteiger partial charge >= 0.3 is 0 Å². The zero-order valence-corrected chi connectivity index (χ0v) is 13.6. The summed E-state index contributed by atoms with van der Waals surface area (Å²) >= 11 is 3.70. The Morgan fingerprint density at radius 2 is 1.95 bits per heavy atom. The molecule has 0 saturated carbocycles. The predicted molar refractivity (Wildman–Crippen MR) is 83.9 cm³/mol. The lowest BCUT2D eigenvalue weighted by molar-refractivity contribution is 0.643. The number of imidazole rings is 1. The van der Waals surface area contributed by atoms with Gasteiger partial charge in [0, 0.05) is 16.9 Å². The molecule has 0 saturated heterocycles. The van der Waals surface area contributed by atoms with E-state index < -0.39 is 0 Å². The Morgan fingerprint density at radius 3 is 2.47 bits per heavy atom. The summed E-state index contributed by atoms with van der Waals surface area (Å²) in [5, 5.41) is 0. The second-order valence-corrected chi connectivity index (χ2v) is 6.58. The van der Waals surface area contributed by atoms with Gasteiger partial charge < -0.3 is 4.57 Å². The van der Waals surface area contributed by atoms with Crippen LogP contribution in [0.1, 0.15) is 44.7 Å². The van der Waals surface area contributed by atoms with E-state index in [9.17, 15) is 0 Å². The molecule has 1 aromatic heterocycles. The third-order valence-corrected chi connectivity index (χ3v) is 3.92. The highest BCUT2D eigenvalue weighted by molar-refractivity contribution is 9.10. The number of benzene rings is 1. The van der Waals surface area contributed by atoms with Crippen molar-refractivity contribution in [1.29, 1.82) is 0 Å². The van der Waals surface area contributed by atoms with E-state index in [0.29, 0.717) is 11.8 Å². The molecule has 0 aliphatic carbocycles. The Hall–Kier alpha value is -1.09. The van der Waals surface area contributed by atoms with Crippen molar-refractivity contribution in [3.05, 3.63) is 46.5 Å². The molecule has 0 aliphatic rings. The maximum absolute atomic E-state index is 4.15. The van der Waals surface area contributed by atoms with E-state index >= 15 is 0 Å². The number of aromatic nitrogens is 2. The summed E-state index contributed by atoms with van der Waals surface area (Å²) in [5.74, 6) is 1.17. The minimum absolute atomic E-state index is 0.525. The Kier molecular flexibility index (Phi) is 4.46. The Labute approximate surface area is 124 Å². The van der Waals surface area contributed by atoms with Crippen LogP contribution in [0.25, 0.3) is 5.69 Å². The fourth-order valence-corrected chi connectivity index (χ4v) is 3.10. The SMILES string of the molecule is CC(C)Cc1cc(C(C)C)c(Br)cc1-n1ccnc1. The lowest BCUT2D eigenvalue weighted by Crippen LogP contribution is -2.04. The molecular weight excluding hydrogens is 300 g/mol. The highest BCUT2D eigenvalue weighted by atomic mass is 79.9. The number of nitrogens with zero attached hydrogens (tertiary/aromatic N) is 2. The fraction of sp³-hybridized carbons (Fsp3) is 0.438. The molecule has 0 spiro atoms. The Morgan fingerprint density at radius 1 is 1.21 bits per heavy atom. The van der Waals surface area contributed by atoms with Crippen LogP contribution >= 0.6 is 15.9 Å². The minimum atomic E-state index is 0.525. The number of hydrogen-bond acceptors (Lipinski definition) is 1. The maximum Gasteiger partial charge on any atom is 0.0991 e. The van der Waals surface area contributed by atoms with Crippen molar-refractivity contribution in [2.45, 2.75) is 40.0 Å². The summed E-state index contributed by atoms with van der Waals surface area (Å²) in [4.78, 5) is 4.15. The smallest absolute Gasteiger partial charge is 0.0991 e. The van der Waals surface area contributed by atoms with Crippen LogP contribution in [-0.4, -0.2) is 9.55 Å². The van der Waals surface area contributed by atoms with Gasteiger partial charge in [0.2, 0.25) is 0 Å². The van der Waals surface area contributed by atoms with Gasteiger partial charge in [-0.25, -0.2) is 4.98 Å². The quantitative estimate of drug-likeness (QED) is 0.778. The highest BCUT2D eigenvalue weighted by Gasteiger charge is 2.13. The van der Waals surface area contributed by atoms with Crippen molar-refractivity contribution < 1.29 is 0 Å². The molecule has 0 bridgehead atoms. The molecule has 0 amide bonds. The van der Waals surface area contributed by atoms with Gasteiger partial charge in [0.1, 0.15) is 0 Å². The van der Waals surface area contributed by atoms with Crippen LogP contribution < -0.4 is 0 Å². The molecule has 0 N–H and O–H groups in total. The summed E-state index contributed by atoms with van der Waals surface area (Å²) in [6.07, 6.45) is 6.77. The standard InChI is InChI=1S/C16H21BrN2/c1-11(2)7-13-8-14(12(3)4)15(17)9-16(13)19-6-5-18-10-19/h5-6,8-12H,7H2,1-4H3. The minimum Gasteiger partial charge on any atom is -0.306 e. The van der Waals surface area contributed by atoms with Gasteiger partial charge in [-0.2, -0.15) is 0 Å². The van der Waals surface area contributed by atoms with Gasteiger partial charge in [0.05, 0.1) is 12.0 Å². The van der Waals surface area contributed by atoms with Crippen molar-refractivity contribution >= 4 is 15.9 Å². The van der Waals surface area contributed by atoms with Crippen molar-refractivity contribution in [1.82, 2.24) is 9.55 Å². The summed E-state index contributed by atoms with van der Waals surface area (Å²) in [5.41, 5.74) is 3.99. The van der Waals surface area contributed by atoms with Gasteiger partial charge in [-0.15, -0.1) is 0 Å². The van der Waals surface area contributed by atoms with Crippen molar-refractivity contribution in [3.8, 4) is 5.69 Å². The average Bonchev–Trinajstić information content (AvgIpc) is 2.83. The van der Waals surface area contributed by atoms with Gasteiger partial charge in [0.25, 0.3) is 0 Å². The van der Waals surface area contributed by atoms with Gasteiger partial charge in [-0.05, 0) is 35.4 Å². The first-order valence-corrected chi connectivity index (χ1v) is 7.59. The molecule has 2 nitrogen and oxygen atoms in total. The van der Waals surface area contributed by atoms with E-state index in [2.05, 4.69) is 65.3 Å². The largest absolute Gasteiger partial charge is 0.306 e. The molecule has 3 heteroatoms. The van der Waals surface area contributed by atoms with Crippen LogP contribution in [0.5, 0.6) is 0 Å². The molecule has 0 radical (unpaired) electrons. The first-order valence-electron chi connectivity index (χ1n) is 6.79. The molecule has 0 fully saturated rings. The Bertz CT molecular complexity index is 542. The van der Waals surface area contributed by atoms with Crippen molar-refractivity contribution in [3.63, 3.8) is 0 Å². The van der Waals surface area contributed by atoms with E-state index in [4.69, 9.17) is 0 Å². The van der Waals surface area contributed by atoms with E-state index in [1.54, 1.807) is 0 Å². The molecule has 2 rings (SSSR count). The van der Waals surface area contributed by atoms with E-state index in [0.717, 1.165) is 6.42 Å². The molecule has 2 aromatic rings. The first kappa shape index (κ1) is 14.3. The average molecular weight is 321 g/mol. The topological polar surface area (TPSA) is 17.8 Å². The molecule has 0 unspecified atom stereocenters. The molecule has 0 atom stereocenters. The first-order chi connectivity index (χ1) is 8.99. The monoisotopic (exact) mass is 320 g/mol. The van der Waals surface area contributed by atoms with Crippen LogP contribution in [0.3, 0.4) is 0 Å². The zero-order valence-electron chi connectivity index (χ0n) is 12.0. The third-order valence-electron chi connectivity index (χ3n) is 3.23. The second-order valence-electron chi connectivity index (χ2n) is 5.73. The molecule has 1 aromatic carbocycles. The highest BCUT2D eigenvalue weighted by Crippen LogP contribution is 2.31. The van der Waals surface area contributed by atoms with Crippen LogP contribution in [0.15, 0.2) is 35.3 Å². The van der Waals surface area contributed by atoms with Crippen LogP contribution in [0, 0.1) is 5.92 Å². The van der Waals surface area contributed by atoms with Crippen LogP contribution in [0.4, 0.5) is 0 Å². The summed E-state index contributed by atoms with van der Waals surface area (Å²) in [7, 11) is 0. The molecule has 1 heterocycles. The number of rotatable bonds is 4. The molecule has 19 heavy (non-hydrogen) atoms. The number of halogens is 1. The normalized spacial score (nSPS) is 11.5. The van der Waals surface area contributed by atoms with Gasteiger partial charge in [-0.1, -0.05) is 49.7 Å². The number of hydrogen-bond donors (Lipinski definition) is 0.